The standard InChI is InChI=1S/C17H18N4O2S/c22-17(18-11-16-20-19-15-4-1-9-21(15)16)8-6-12-5-7-13(23-12)14-3-2-10-24-14/h2-3,5,7,10H,1,4,6,8-9,11H2,(H,18,22). The van der Waals surface area contributed by atoms with Crippen molar-refractivity contribution in [2.24, 2.45) is 0 Å². The van der Waals surface area contributed by atoms with E-state index in [0.29, 0.717) is 19.4 Å². The fraction of sp³-hybridized carbons (Fsp3) is 0.353. The highest BCUT2D eigenvalue weighted by molar-refractivity contribution is 7.13. The molecule has 0 spiro atoms. The molecule has 0 radical (unpaired) electrons. The quantitative estimate of drug-likeness (QED) is 0.747. The van der Waals surface area contributed by atoms with Gasteiger partial charge in [-0.1, -0.05) is 6.07 Å². The molecule has 3 aromatic rings. The van der Waals surface area contributed by atoms with Crippen molar-refractivity contribution in [1.29, 1.82) is 0 Å². The summed E-state index contributed by atoms with van der Waals surface area (Å²) in [5, 5.41) is 13.2. The van der Waals surface area contributed by atoms with Crippen LogP contribution in [-0.2, 0) is 30.7 Å². The molecule has 0 saturated carbocycles. The van der Waals surface area contributed by atoms with Gasteiger partial charge in [0.05, 0.1) is 11.4 Å². The molecule has 124 valence electrons. The van der Waals surface area contributed by atoms with Crippen molar-refractivity contribution in [2.75, 3.05) is 0 Å². The Morgan fingerprint density at radius 1 is 1.33 bits per heavy atom. The predicted octanol–water partition coefficient (Wildman–Crippen LogP) is 2.79. The van der Waals surface area contributed by atoms with Crippen LogP contribution in [0.3, 0.4) is 0 Å². The number of hydrogen-bond donors (Lipinski definition) is 1. The second-order valence-corrected chi connectivity index (χ2v) is 6.76. The van der Waals surface area contributed by atoms with Crippen molar-refractivity contribution in [3.63, 3.8) is 0 Å². The molecule has 4 heterocycles. The zero-order valence-corrected chi connectivity index (χ0v) is 14.0. The Morgan fingerprint density at radius 3 is 3.17 bits per heavy atom. The summed E-state index contributed by atoms with van der Waals surface area (Å²) >= 11 is 1.64. The van der Waals surface area contributed by atoms with E-state index in [4.69, 9.17) is 4.42 Å². The Morgan fingerprint density at radius 2 is 2.29 bits per heavy atom. The minimum Gasteiger partial charge on any atom is -0.460 e. The number of nitrogens with zero attached hydrogens (tertiary/aromatic N) is 3. The van der Waals surface area contributed by atoms with Gasteiger partial charge < -0.3 is 14.3 Å². The summed E-state index contributed by atoms with van der Waals surface area (Å²) in [6, 6.07) is 7.92. The van der Waals surface area contributed by atoms with Crippen molar-refractivity contribution >= 4 is 17.2 Å². The third-order valence-corrected chi connectivity index (χ3v) is 5.04. The summed E-state index contributed by atoms with van der Waals surface area (Å²) < 4.78 is 7.89. The molecule has 4 rings (SSSR count). The number of carbonyl (C=O) groups is 1. The number of thiophene rings is 1. The fourth-order valence-electron chi connectivity index (χ4n) is 2.91. The van der Waals surface area contributed by atoms with Crippen molar-refractivity contribution in [3.05, 3.63) is 47.1 Å². The number of nitrogens with one attached hydrogen (secondary N) is 1. The van der Waals surface area contributed by atoms with Gasteiger partial charge in [-0.15, -0.1) is 21.5 Å². The minimum atomic E-state index is -0.000537. The Labute approximate surface area is 143 Å². The lowest BCUT2D eigenvalue weighted by Gasteiger charge is -2.05. The van der Waals surface area contributed by atoms with E-state index in [2.05, 4.69) is 20.1 Å². The number of rotatable bonds is 6. The highest BCUT2D eigenvalue weighted by Gasteiger charge is 2.17. The molecule has 0 unspecified atom stereocenters. The molecule has 0 fully saturated rings. The number of aromatic nitrogens is 3. The molecule has 1 aliphatic heterocycles. The van der Waals surface area contributed by atoms with E-state index in [1.807, 2.05) is 29.6 Å². The molecule has 1 amide bonds. The van der Waals surface area contributed by atoms with Gasteiger partial charge in [-0.2, -0.15) is 0 Å². The summed E-state index contributed by atoms with van der Waals surface area (Å²) in [6.45, 7) is 1.38. The molecule has 3 aromatic heterocycles. The second kappa shape index (κ2) is 6.60. The highest BCUT2D eigenvalue weighted by Crippen LogP contribution is 2.26. The lowest BCUT2D eigenvalue weighted by molar-refractivity contribution is -0.121. The minimum absolute atomic E-state index is 0.000537. The Hall–Kier alpha value is -2.41. The summed E-state index contributed by atoms with van der Waals surface area (Å²) in [5.41, 5.74) is 0. The van der Waals surface area contributed by atoms with Crippen molar-refractivity contribution in [2.45, 2.75) is 38.8 Å². The zero-order chi connectivity index (χ0) is 16.4. The van der Waals surface area contributed by atoms with Crippen LogP contribution in [0.1, 0.15) is 30.3 Å². The first kappa shape index (κ1) is 15.1. The van der Waals surface area contributed by atoms with Crippen LogP contribution in [0, 0.1) is 0 Å². The van der Waals surface area contributed by atoms with Crippen LogP contribution in [0.4, 0.5) is 0 Å². The van der Waals surface area contributed by atoms with E-state index in [0.717, 1.165) is 47.4 Å². The normalized spacial score (nSPS) is 13.2. The zero-order valence-electron chi connectivity index (χ0n) is 13.2. The Bertz CT molecular complexity index is 835. The number of hydrogen-bond acceptors (Lipinski definition) is 5. The molecule has 0 saturated heterocycles. The van der Waals surface area contributed by atoms with Gasteiger partial charge in [0.2, 0.25) is 5.91 Å². The Balaban J connectivity index is 1.27. The van der Waals surface area contributed by atoms with Crippen LogP contribution >= 0.6 is 11.3 Å². The number of furan rings is 1. The van der Waals surface area contributed by atoms with Crippen LogP contribution in [0.5, 0.6) is 0 Å². The molecule has 7 heteroatoms. The van der Waals surface area contributed by atoms with Crippen LogP contribution < -0.4 is 5.32 Å². The SMILES string of the molecule is O=C(CCc1ccc(-c2cccs2)o1)NCc1nnc2n1CCC2. The third kappa shape index (κ3) is 3.12. The van der Waals surface area contributed by atoms with Gasteiger partial charge in [0.15, 0.2) is 5.82 Å². The van der Waals surface area contributed by atoms with Crippen LogP contribution in [0.25, 0.3) is 10.6 Å². The smallest absolute Gasteiger partial charge is 0.220 e. The summed E-state index contributed by atoms with van der Waals surface area (Å²) in [5.74, 6) is 3.56. The van der Waals surface area contributed by atoms with Crippen molar-refractivity contribution in [3.8, 4) is 10.6 Å². The topological polar surface area (TPSA) is 73.0 Å². The largest absolute Gasteiger partial charge is 0.460 e. The fourth-order valence-corrected chi connectivity index (χ4v) is 3.59. The van der Waals surface area contributed by atoms with E-state index in [1.165, 1.54) is 0 Å². The monoisotopic (exact) mass is 342 g/mol. The molecule has 24 heavy (non-hydrogen) atoms. The molecule has 0 aromatic carbocycles. The molecule has 0 aliphatic carbocycles. The molecule has 6 nitrogen and oxygen atoms in total. The summed E-state index contributed by atoms with van der Waals surface area (Å²) in [4.78, 5) is 13.1. The van der Waals surface area contributed by atoms with Crippen LogP contribution in [0.15, 0.2) is 34.1 Å². The third-order valence-electron chi connectivity index (χ3n) is 4.15. The van der Waals surface area contributed by atoms with Crippen LogP contribution in [-0.4, -0.2) is 20.7 Å². The molecular formula is C17H18N4O2S. The maximum absolute atomic E-state index is 12.0. The predicted molar refractivity (Wildman–Crippen MR) is 90.5 cm³/mol. The maximum atomic E-state index is 12.0. The lowest BCUT2D eigenvalue weighted by atomic mass is 10.2. The first-order valence-corrected chi connectivity index (χ1v) is 8.98. The van der Waals surface area contributed by atoms with Gasteiger partial charge in [0.25, 0.3) is 0 Å². The average molecular weight is 342 g/mol. The number of amides is 1. The van der Waals surface area contributed by atoms with E-state index in [9.17, 15) is 4.79 Å². The average Bonchev–Trinajstić information content (AvgIpc) is 3.36. The lowest BCUT2D eigenvalue weighted by Crippen LogP contribution is -2.24. The maximum Gasteiger partial charge on any atom is 0.220 e. The number of fused-ring (bicyclic) bond motifs is 1. The molecule has 1 aliphatic rings. The van der Waals surface area contributed by atoms with Gasteiger partial charge in [-0.25, -0.2) is 0 Å². The number of aryl methyl sites for hydroxylation is 2. The Kier molecular flexibility index (Phi) is 4.17. The molecule has 1 N–H and O–H groups in total. The summed E-state index contributed by atoms with van der Waals surface area (Å²) in [6.07, 6.45) is 3.08. The first-order chi connectivity index (χ1) is 11.8. The van der Waals surface area contributed by atoms with E-state index < -0.39 is 0 Å². The second-order valence-electron chi connectivity index (χ2n) is 5.81. The molecule has 0 atom stereocenters. The summed E-state index contributed by atoms with van der Waals surface area (Å²) in [7, 11) is 0. The van der Waals surface area contributed by atoms with E-state index >= 15 is 0 Å². The van der Waals surface area contributed by atoms with Crippen molar-refractivity contribution < 1.29 is 9.21 Å². The van der Waals surface area contributed by atoms with Crippen molar-refractivity contribution in [1.82, 2.24) is 20.1 Å². The van der Waals surface area contributed by atoms with Crippen LogP contribution in [0.2, 0.25) is 0 Å². The highest BCUT2D eigenvalue weighted by atomic mass is 32.1. The van der Waals surface area contributed by atoms with Gasteiger partial charge in [-0.3, -0.25) is 4.79 Å². The molecule has 0 bridgehead atoms. The first-order valence-electron chi connectivity index (χ1n) is 8.10. The van der Waals surface area contributed by atoms with E-state index in [1.54, 1.807) is 11.3 Å². The van der Waals surface area contributed by atoms with E-state index in [-0.39, 0.29) is 5.91 Å². The van der Waals surface area contributed by atoms with Gasteiger partial charge in [0.1, 0.15) is 17.3 Å². The van der Waals surface area contributed by atoms with Gasteiger partial charge in [-0.05, 0) is 30.0 Å². The number of carbonyl (C=O) groups excluding carboxylic acids is 1. The van der Waals surface area contributed by atoms with Gasteiger partial charge in [0, 0.05) is 25.8 Å². The van der Waals surface area contributed by atoms with Gasteiger partial charge >= 0.3 is 0 Å². The molecular weight excluding hydrogens is 324 g/mol.